The van der Waals surface area contributed by atoms with E-state index in [1.54, 1.807) is 24.9 Å². The lowest BCUT2D eigenvalue weighted by Crippen LogP contribution is -2.38. The Kier molecular flexibility index (Phi) is 13.9. The molecular weight excluding hydrogens is 689 g/mol. The first kappa shape index (κ1) is 40.7. The number of pyridine rings is 1. The normalized spacial score (nSPS) is 15.2. The number of hydrogen-bond acceptors (Lipinski definition) is 8. The molecule has 0 radical (unpaired) electrons. The molecule has 0 aliphatic carbocycles. The molecule has 0 amide bonds. The summed E-state index contributed by atoms with van der Waals surface area (Å²) < 4.78 is 14.2. The predicted molar refractivity (Wildman–Crippen MR) is 228 cm³/mol. The number of para-hydroxylation sites is 1. The van der Waals surface area contributed by atoms with Crippen molar-refractivity contribution in [3.05, 3.63) is 130 Å². The number of hydrogen-bond donors (Lipinski definition) is 0. The molecule has 10 heteroatoms. The standard InChI is InChI=1S/C17H17N3O.C16H20N2O3.C11H15N.CH4/c1-19(2)13-10-8-12(9-11-13)16-14-6-4-5-7-15(14)17(21)20(3)18-16;1-17-6-5-13-14(16(17)19)3-2-4-15(13)21-12-9-18-7-10-20-11-8-18;1-9-7-8-12(2)11-6-4-3-5-10(9)11;/h4-11H,1-3H3;2-6H,7-12H2,1H3;3-6,9H,7-8H2,1-2H3;1H4. The highest BCUT2D eigenvalue weighted by Crippen LogP contribution is 2.33. The Balaban J connectivity index is 0.000000163. The monoisotopic (exact) mass is 744 g/mol. The summed E-state index contributed by atoms with van der Waals surface area (Å²) in [6.07, 6.45) is 3.06. The largest absolute Gasteiger partial charge is 0.492 e. The maximum atomic E-state index is 12.1. The molecule has 55 heavy (non-hydrogen) atoms. The van der Waals surface area contributed by atoms with Gasteiger partial charge in [-0.05, 0) is 60.4 Å². The Morgan fingerprint density at radius 2 is 1.42 bits per heavy atom. The van der Waals surface area contributed by atoms with Crippen molar-refractivity contribution in [1.82, 2.24) is 19.2 Å². The van der Waals surface area contributed by atoms with Crippen LogP contribution in [-0.4, -0.2) is 86.4 Å². The lowest BCUT2D eigenvalue weighted by atomic mass is 9.92. The minimum atomic E-state index is -0.0701. The van der Waals surface area contributed by atoms with Crippen LogP contribution in [0.1, 0.15) is 32.3 Å². The van der Waals surface area contributed by atoms with Crippen molar-refractivity contribution >= 4 is 32.9 Å². The first-order valence-electron chi connectivity index (χ1n) is 18.7. The van der Waals surface area contributed by atoms with Crippen LogP contribution in [0.5, 0.6) is 5.75 Å². The molecule has 10 nitrogen and oxygen atoms in total. The van der Waals surface area contributed by atoms with Gasteiger partial charge in [0.2, 0.25) is 0 Å². The third-order valence-electron chi connectivity index (χ3n) is 10.2. The molecule has 4 aromatic carbocycles. The summed E-state index contributed by atoms with van der Waals surface area (Å²) in [6.45, 7) is 8.51. The number of nitrogens with zero attached hydrogens (tertiary/aromatic N) is 6. The van der Waals surface area contributed by atoms with Crippen LogP contribution >= 0.6 is 0 Å². The molecule has 0 bridgehead atoms. The molecule has 0 spiro atoms. The molecule has 2 aliphatic rings. The van der Waals surface area contributed by atoms with Crippen molar-refractivity contribution in [3.63, 3.8) is 0 Å². The van der Waals surface area contributed by atoms with Crippen molar-refractivity contribution < 1.29 is 9.47 Å². The zero-order valence-corrected chi connectivity index (χ0v) is 32.4. The van der Waals surface area contributed by atoms with Crippen molar-refractivity contribution in [2.75, 3.05) is 76.9 Å². The quantitative estimate of drug-likeness (QED) is 0.178. The van der Waals surface area contributed by atoms with E-state index in [1.807, 2.05) is 74.8 Å². The molecule has 1 saturated heterocycles. The summed E-state index contributed by atoms with van der Waals surface area (Å²) in [5.41, 5.74) is 5.83. The smallest absolute Gasteiger partial charge is 0.274 e. The minimum Gasteiger partial charge on any atom is -0.492 e. The van der Waals surface area contributed by atoms with Crippen LogP contribution in [0, 0.1) is 0 Å². The molecule has 4 heterocycles. The van der Waals surface area contributed by atoms with Crippen molar-refractivity contribution in [1.29, 1.82) is 0 Å². The third kappa shape index (κ3) is 9.62. The van der Waals surface area contributed by atoms with Crippen LogP contribution in [-0.2, 0) is 18.8 Å². The molecule has 290 valence electrons. The maximum Gasteiger partial charge on any atom is 0.274 e. The maximum absolute atomic E-state index is 12.1. The molecule has 1 atom stereocenters. The Labute approximate surface area is 325 Å². The van der Waals surface area contributed by atoms with Gasteiger partial charge in [-0.25, -0.2) is 4.68 Å². The molecule has 1 unspecified atom stereocenters. The van der Waals surface area contributed by atoms with E-state index < -0.39 is 0 Å². The zero-order chi connectivity index (χ0) is 38.2. The van der Waals surface area contributed by atoms with Gasteiger partial charge in [-0.1, -0.05) is 68.9 Å². The Morgan fingerprint density at radius 3 is 2.13 bits per heavy atom. The molecule has 1 fully saturated rings. The number of aromatic nitrogens is 3. The van der Waals surface area contributed by atoms with Gasteiger partial charge < -0.3 is 23.8 Å². The number of fused-ring (bicyclic) bond motifs is 3. The van der Waals surface area contributed by atoms with Crippen LogP contribution in [0.4, 0.5) is 11.4 Å². The SMILES string of the molecule is C.CC1CCN(C)c2ccccc21.CN(C)c1ccc(-c2nn(C)c(=O)c3ccccc23)cc1.Cn1ccc2c(OCCN3CCOCC3)cccc2c1=O. The minimum absolute atomic E-state index is 0. The van der Waals surface area contributed by atoms with Gasteiger partial charge in [0.25, 0.3) is 11.1 Å². The highest BCUT2D eigenvalue weighted by atomic mass is 16.5. The van der Waals surface area contributed by atoms with Gasteiger partial charge in [0.15, 0.2) is 0 Å². The summed E-state index contributed by atoms with van der Waals surface area (Å²) in [4.78, 5) is 31.0. The van der Waals surface area contributed by atoms with Gasteiger partial charge >= 0.3 is 0 Å². The van der Waals surface area contributed by atoms with E-state index >= 15 is 0 Å². The molecule has 0 saturated carbocycles. The summed E-state index contributed by atoms with van der Waals surface area (Å²) >= 11 is 0. The first-order chi connectivity index (χ1) is 26.1. The van der Waals surface area contributed by atoms with Crippen LogP contribution in [0.15, 0.2) is 113 Å². The van der Waals surface area contributed by atoms with E-state index in [4.69, 9.17) is 9.47 Å². The van der Waals surface area contributed by atoms with Crippen molar-refractivity contribution in [3.8, 4) is 17.0 Å². The molecular formula is C45H56N6O4. The van der Waals surface area contributed by atoms with Gasteiger partial charge in [0.05, 0.1) is 29.7 Å². The van der Waals surface area contributed by atoms with Crippen LogP contribution in [0.25, 0.3) is 32.8 Å². The second kappa shape index (κ2) is 18.7. The van der Waals surface area contributed by atoms with Gasteiger partial charge in [0.1, 0.15) is 12.4 Å². The van der Waals surface area contributed by atoms with E-state index in [2.05, 4.69) is 70.2 Å². The van der Waals surface area contributed by atoms with Gasteiger partial charge in [-0.3, -0.25) is 14.5 Å². The Morgan fingerprint density at radius 1 is 0.764 bits per heavy atom. The highest BCUT2D eigenvalue weighted by Gasteiger charge is 2.18. The Hall–Kier alpha value is -5.45. The topological polar surface area (TPSA) is 85.1 Å². The van der Waals surface area contributed by atoms with Crippen LogP contribution in [0.3, 0.4) is 0 Å². The zero-order valence-electron chi connectivity index (χ0n) is 32.4. The van der Waals surface area contributed by atoms with Crippen LogP contribution < -0.4 is 25.7 Å². The van der Waals surface area contributed by atoms with Crippen molar-refractivity contribution in [2.45, 2.75) is 26.7 Å². The van der Waals surface area contributed by atoms with Crippen LogP contribution in [0.2, 0.25) is 0 Å². The number of anilines is 2. The number of ether oxygens (including phenoxy) is 2. The van der Waals surface area contributed by atoms with Gasteiger partial charge in [0, 0.05) is 95.3 Å². The highest BCUT2D eigenvalue weighted by molar-refractivity contribution is 5.94. The van der Waals surface area contributed by atoms with E-state index in [0.29, 0.717) is 17.4 Å². The average molecular weight is 745 g/mol. The molecule has 8 rings (SSSR count). The van der Waals surface area contributed by atoms with E-state index in [9.17, 15) is 9.59 Å². The van der Waals surface area contributed by atoms with Crippen molar-refractivity contribution in [2.24, 2.45) is 14.1 Å². The molecule has 0 N–H and O–H groups in total. The summed E-state index contributed by atoms with van der Waals surface area (Å²) in [5.74, 6) is 1.51. The summed E-state index contributed by atoms with van der Waals surface area (Å²) in [5, 5.41) is 7.59. The average Bonchev–Trinajstić information content (AvgIpc) is 3.20. The van der Waals surface area contributed by atoms with E-state index in [1.165, 1.54) is 28.9 Å². The fourth-order valence-electron chi connectivity index (χ4n) is 6.93. The van der Waals surface area contributed by atoms with Gasteiger partial charge in [-0.15, -0.1) is 0 Å². The molecule has 2 aromatic heterocycles. The number of aryl methyl sites for hydroxylation is 2. The van der Waals surface area contributed by atoms with E-state index in [0.717, 1.165) is 72.2 Å². The summed E-state index contributed by atoms with van der Waals surface area (Å²) in [6, 6.07) is 32.0. The fraction of sp³-hybridized carbons (Fsp3) is 0.356. The second-order valence-electron chi connectivity index (χ2n) is 14.2. The second-order valence-corrected chi connectivity index (χ2v) is 14.2. The molecule has 6 aromatic rings. The lowest BCUT2D eigenvalue weighted by molar-refractivity contribution is 0.0323. The molecule has 2 aliphatic heterocycles. The number of morpholine rings is 1. The van der Waals surface area contributed by atoms with Gasteiger partial charge in [-0.2, -0.15) is 5.10 Å². The third-order valence-corrected chi connectivity index (χ3v) is 10.2. The first-order valence-corrected chi connectivity index (χ1v) is 18.7. The number of rotatable bonds is 6. The van der Waals surface area contributed by atoms with E-state index in [-0.39, 0.29) is 18.5 Å². The number of benzene rings is 4. The Bertz CT molecular complexity index is 2260. The predicted octanol–water partition coefficient (Wildman–Crippen LogP) is 7.18. The fourth-order valence-corrected chi connectivity index (χ4v) is 6.93. The summed E-state index contributed by atoms with van der Waals surface area (Å²) in [7, 11) is 9.63. The lowest BCUT2D eigenvalue weighted by Gasteiger charge is -2.31.